The molecule has 1 aliphatic heterocycles. The van der Waals surface area contributed by atoms with Crippen LogP contribution in [0.1, 0.15) is 37.2 Å². The van der Waals surface area contributed by atoms with Crippen LogP contribution in [0.4, 0.5) is 0 Å². The number of hydrogen-bond donors (Lipinski definition) is 3. The van der Waals surface area contributed by atoms with Gasteiger partial charge in [-0.15, -0.1) is 0 Å². The highest BCUT2D eigenvalue weighted by Crippen LogP contribution is 2.52. The molecule has 0 spiro atoms. The first-order chi connectivity index (χ1) is 12.3. The minimum atomic E-state index is -1.14. The first-order valence-corrected chi connectivity index (χ1v) is 8.41. The van der Waals surface area contributed by atoms with Crippen molar-refractivity contribution >= 4 is 0 Å². The van der Waals surface area contributed by atoms with Crippen molar-refractivity contribution in [3.8, 4) is 23.0 Å². The van der Waals surface area contributed by atoms with Crippen LogP contribution in [0.3, 0.4) is 0 Å². The third-order valence-electron chi connectivity index (χ3n) is 5.23. The average Bonchev–Trinajstić information content (AvgIpc) is 2.86. The maximum atomic E-state index is 11.1. The number of aromatic hydroxyl groups is 2. The van der Waals surface area contributed by atoms with Crippen LogP contribution in [0.2, 0.25) is 0 Å². The third kappa shape index (κ3) is 2.95. The van der Waals surface area contributed by atoms with Gasteiger partial charge in [-0.2, -0.15) is 0 Å². The summed E-state index contributed by atoms with van der Waals surface area (Å²) in [6, 6.07) is 9.93. The molecule has 140 valence electrons. The van der Waals surface area contributed by atoms with Crippen molar-refractivity contribution in [2.24, 2.45) is 5.92 Å². The largest absolute Gasteiger partial charge is 0.504 e. The predicted octanol–water partition coefficient (Wildman–Crippen LogP) is 3.31. The molecule has 1 aliphatic rings. The second-order valence-electron chi connectivity index (χ2n) is 6.81. The molecule has 4 atom stereocenters. The molecule has 1 fully saturated rings. The van der Waals surface area contributed by atoms with E-state index in [1.807, 2.05) is 6.92 Å². The molecule has 1 heterocycles. The number of ether oxygens (including phenoxy) is 3. The van der Waals surface area contributed by atoms with Gasteiger partial charge in [0, 0.05) is 5.92 Å². The number of methoxy groups -OCH3 is 2. The van der Waals surface area contributed by atoms with Crippen LogP contribution in [0.15, 0.2) is 36.4 Å². The number of phenols is 2. The van der Waals surface area contributed by atoms with E-state index in [1.165, 1.54) is 20.3 Å². The minimum Gasteiger partial charge on any atom is -0.504 e. The summed E-state index contributed by atoms with van der Waals surface area (Å²) in [5.74, 6) is 0.536. The molecule has 0 unspecified atom stereocenters. The number of aliphatic hydroxyl groups is 1. The Bertz CT molecular complexity index is 801. The van der Waals surface area contributed by atoms with Crippen LogP contribution < -0.4 is 9.47 Å². The summed E-state index contributed by atoms with van der Waals surface area (Å²) in [7, 11) is 2.96. The summed E-state index contributed by atoms with van der Waals surface area (Å²) in [5.41, 5.74) is 0.378. The highest BCUT2D eigenvalue weighted by atomic mass is 16.5. The zero-order valence-electron chi connectivity index (χ0n) is 15.3. The van der Waals surface area contributed by atoms with Crippen molar-refractivity contribution in [1.29, 1.82) is 0 Å². The van der Waals surface area contributed by atoms with Crippen LogP contribution in [0.5, 0.6) is 23.0 Å². The van der Waals surface area contributed by atoms with Gasteiger partial charge in [-0.3, -0.25) is 0 Å². The summed E-state index contributed by atoms with van der Waals surface area (Å²) in [4.78, 5) is 0. The van der Waals surface area contributed by atoms with Gasteiger partial charge >= 0.3 is 0 Å². The SMILES string of the molecule is COc1cc([C@H]2O[C@H](c3ccc(O)c(OC)c3)[C@@](C)(O)[C@H]2C)ccc1O. The van der Waals surface area contributed by atoms with Crippen molar-refractivity contribution < 1.29 is 29.5 Å². The van der Waals surface area contributed by atoms with Gasteiger partial charge in [-0.05, 0) is 42.3 Å². The molecule has 6 nitrogen and oxygen atoms in total. The highest BCUT2D eigenvalue weighted by Gasteiger charge is 2.51. The fourth-order valence-electron chi connectivity index (χ4n) is 3.46. The molecule has 3 rings (SSSR count). The molecular weight excluding hydrogens is 336 g/mol. The lowest BCUT2D eigenvalue weighted by atomic mass is 9.81. The van der Waals surface area contributed by atoms with E-state index >= 15 is 0 Å². The molecule has 0 aromatic heterocycles. The van der Waals surface area contributed by atoms with Crippen LogP contribution in [0, 0.1) is 5.92 Å². The Balaban J connectivity index is 1.98. The van der Waals surface area contributed by atoms with Crippen molar-refractivity contribution in [2.75, 3.05) is 14.2 Å². The Hall–Kier alpha value is -2.44. The van der Waals surface area contributed by atoms with Gasteiger partial charge in [0.2, 0.25) is 0 Å². The number of rotatable bonds is 4. The van der Waals surface area contributed by atoms with Crippen molar-refractivity contribution in [3.05, 3.63) is 47.5 Å². The third-order valence-corrected chi connectivity index (χ3v) is 5.23. The van der Waals surface area contributed by atoms with Gasteiger partial charge in [-0.25, -0.2) is 0 Å². The second kappa shape index (κ2) is 6.70. The molecule has 0 bridgehead atoms. The molecule has 3 N–H and O–H groups in total. The van der Waals surface area contributed by atoms with Crippen LogP contribution in [-0.4, -0.2) is 35.1 Å². The van der Waals surface area contributed by atoms with Crippen LogP contribution >= 0.6 is 0 Å². The van der Waals surface area contributed by atoms with E-state index in [-0.39, 0.29) is 23.5 Å². The molecule has 6 heteroatoms. The van der Waals surface area contributed by atoms with Gasteiger partial charge in [0.1, 0.15) is 6.10 Å². The van der Waals surface area contributed by atoms with Gasteiger partial charge < -0.3 is 29.5 Å². The first-order valence-electron chi connectivity index (χ1n) is 8.41. The van der Waals surface area contributed by atoms with E-state index in [1.54, 1.807) is 37.3 Å². The monoisotopic (exact) mass is 360 g/mol. The summed E-state index contributed by atoms with van der Waals surface area (Å²) in [5, 5.41) is 30.7. The van der Waals surface area contributed by atoms with Crippen LogP contribution in [-0.2, 0) is 4.74 Å². The molecule has 0 amide bonds. The van der Waals surface area contributed by atoms with E-state index in [0.717, 1.165) is 5.56 Å². The van der Waals surface area contributed by atoms with Crippen LogP contribution in [0.25, 0.3) is 0 Å². The molecule has 2 aromatic rings. The molecule has 1 saturated heterocycles. The minimum absolute atomic E-state index is 0.0294. The Morgan fingerprint density at radius 3 is 1.96 bits per heavy atom. The van der Waals surface area contributed by atoms with Gasteiger partial charge in [0.25, 0.3) is 0 Å². The molecule has 26 heavy (non-hydrogen) atoms. The molecule has 0 radical (unpaired) electrons. The summed E-state index contributed by atoms with van der Waals surface area (Å²) in [6.45, 7) is 3.65. The molecular formula is C20H24O6. The van der Waals surface area contributed by atoms with E-state index in [9.17, 15) is 15.3 Å². The lowest BCUT2D eigenvalue weighted by molar-refractivity contribution is -0.0445. The quantitative estimate of drug-likeness (QED) is 0.775. The second-order valence-corrected chi connectivity index (χ2v) is 6.81. The standard InChI is InChI=1S/C20H24O6/c1-11-18(12-5-7-14(21)16(9-12)24-3)26-19(20(11,2)23)13-6-8-15(22)17(10-13)25-4/h5-11,18-19,21-23H,1-4H3/t11-,18-,19+,20-/m0/s1. The van der Waals surface area contributed by atoms with Gasteiger partial charge in [0.15, 0.2) is 23.0 Å². The summed E-state index contributed by atoms with van der Waals surface area (Å²) >= 11 is 0. The topological polar surface area (TPSA) is 88.4 Å². The fraction of sp³-hybridized carbons (Fsp3) is 0.400. The first kappa shape index (κ1) is 18.4. The van der Waals surface area contributed by atoms with E-state index in [0.29, 0.717) is 17.1 Å². The Kier molecular flexibility index (Phi) is 4.73. The Labute approximate surface area is 152 Å². The van der Waals surface area contributed by atoms with E-state index < -0.39 is 11.7 Å². The van der Waals surface area contributed by atoms with Crippen molar-refractivity contribution in [1.82, 2.24) is 0 Å². The smallest absolute Gasteiger partial charge is 0.160 e. The van der Waals surface area contributed by atoms with Gasteiger partial charge in [-0.1, -0.05) is 19.1 Å². The summed E-state index contributed by atoms with van der Waals surface area (Å²) < 4.78 is 16.6. The maximum Gasteiger partial charge on any atom is 0.160 e. The zero-order valence-corrected chi connectivity index (χ0v) is 15.3. The molecule has 0 aliphatic carbocycles. The number of hydrogen-bond acceptors (Lipinski definition) is 6. The van der Waals surface area contributed by atoms with Crippen molar-refractivity contribution in [2.45, 2.75) is 31.7 Å². The number of phenolic OH excluding ortho intramolecular Hbond substituents is 2. The Morgan fingerprint density at radius 2 is 1.42 bits per heavy atom. The molecule has 2 aromatic carbocycles. The fourth-order valence-corrected chi connectivity index (χ4v) is 3.46. The van der Waals surface area contributed by atoms with E-state index in [2.05, 4.69) is 0 Å². The lowest BCUT2D eigenvalue weighted by Gasteiger charge is -2.28. The highest BCUT2D eigenvalue weighted by molar-refractivity contribution is 5.45. The molecule has 0 saturated carbocycles. The van der Waals surface area contributed by atoms with Gasteiger partial charge in [0.05, 0.1) is 25.9 Å². The average molecular weight is 360 g/mol. The Morgan fingerprint density at radius 1 is 0.923 bits per heavy atom. The van der Waals surface area contributed by atoms with Crippen molar-refractivity contribution in [3.63, 3.8) is 0 Å². The lowest BCUT2D eigenvalue weighted by Crippen LogP contribution is -2.34. The number of benzene rings is 2. The normalized spacial score (nSPS) is 28.1. The maximum absolute atomic E-state index is 11.1. The predicted molar refractivity (Wildman–Crippen MR) is 95.7 cm³/mol. The summed E-state index contributed by atoms with van der Waals surface area (Å²) in [6.07, 6.45) is -0.985. The zero-order chi connectivity index (χ0) is 19.1. The van der Waals surface area contributed by atoms with E-state index in [4.69, 9.17) is 14.2 Å².